The molecule has 1 unspecified atom stereocenters. The molecule has 0 bridgehead atoms. The topological polar surface area (TPSA) is 0 Å². The van der Waals surface area contributed by atoms with Gasteiger partial charge in [0, 0.05) is 5.75 Å². The second kappa shape index (κ2) is 8.19. The SMILES string of the molecule is C=CC(C)CCCS[CH]CC. The smallest absolute Gasteiger partial charge is 0.0163 e. The maximum absolute atomic E-state index is 3.76. The molecular formula is C10H19S. The van der Waals surface area contributed by atoms with Crippen molar-refractivity contribution in [1.82, 2.24) is 0 Å². The normalized spacial score (nSPS) is 12.9. The summed E-state index contributed by atoms with van der Waals surface area (Å²) in [5.74, 6) is 4.24. The second-order valence-corrected chi connectivity index (χ2v) is 3.88. The Balaban J connectivity index is 2.95. The van der Waals surface area contributed by atoms with Gasteiger partial charge in [0.1, 0.15) is 0 Å². The van der Waals surface area contributed by atoms with Gasteiger partial charge in [-0.05, 0) is 30.9 Å². The van der Waals surface area contributed by atoms with Crippen LogP contribution in [0.1, 0.15) is 33.1 Å². The molecule has 0 aliphatic rings. The van der Waals surface area contributed by atoms with Crippen LogP contribution in [0.2, 0.25) is 0 Å². The molecule has 1 atom stereocenters. The molecule has 0 spiro atoms. The van der Waals surface area contributed by atoms with Gasteiger partial charge in [0.05, 0.1) is 0 Å². The number of rotatable bonds is 7. The van der Waals surface area contributed by atoms with Crippen molar-refractivity contribution in [3.63, 3.8) is 0 Å². The molecule has 1 radical (unpaired) electrons. The van der Waals surface area contributed by atoms with Crippen LogP contribution in [-0.2, 0) is 0 Å². The summed E-state index contributed by atoms with van der Waals surface area (Å²) in [5, 5.41) is 0. The zero-order valence-corrected chi connectivity index (χ0v) is 8.49. The van der Waals surface area contributed by atoms with Crippen LogP contribution < -0.4 is 0 Å². The first-order valence-electron chi connectivity index (χ1n) is 4.37. The fourth-order valence-electron chi connectivity index (χ4n) is 0.808. The molecule has 0 rings (SSSR count). The zero-order valence-electron chi connectivity index (χ0n) is 7.68. The molecule has 0 fully saturated rings. The van der Waals surface area contributed by atoms with Gasteiger partial charge in [0.25, 0.3) is 0 Å². The maximum Gasteiger partial charge on any atom is 0.0163 e. The molecule has 0 aromatic carbocycles. The van der Waals surface area contributed by atoms with E-state index in [-0.39, 0.29) is 0 Å². The van der Waals surface area contributed by atoms with Crippen LogP contribution in [0, 0.1) is 11.7 Å². The van der Waals surface area contributed by atoms with Crippen molar-refractivity contribution < 1.29 is 0 Å². The molecule has 65 valence electrons. The Bertz CT molecular complexity index is 88.9. The van der Waals surface area contributed by atoms with Crippen LogP contribution in [-0.4, -0.2) is 5.75 Å². The Morgan fingerprint density at radius 3 is 2.82 bits per heavy atom. The Morgan fingerprint density at radius 1 is 1.55 bits per heavy atom. The molecule has 11 heavy (non-hydrogen) atoms. The molecule has 0 amide bonds. The first-order valence-corrected chi connectivity index (χ1v) is 5.42. The summed E-state index contributed by atoms with van der Waals surface area (Å²) >= 11 is 1.95. The van der Waals surface area contributed by atoms with Gasteiger partial charge in [-0.3, -0.25) is 0 Å². The molecule has 0 heterocycles. The van der Waals surface area contributed by atoms with Crippen molar-refractivity contribution in [2.24, 2.45) is 5.92 Å². The fraction of sp³-hybridized carbons (Fsp3) is 0.700. The highest BCUT2D eigenvalue weighted by molar-refractivity contribution is 8.01. The quantitative estimate of drug-likeness (QED) is 0.413. The van der Waals surface area contributed by atoms with E-state index in [1.165, 1.54) is 25.0 Å². The Morgan fingerprint density at radius 2 is 2.27 bits per heavy atom. The van der Waals surface area contributed by atoms with E-state index in [1.54, 1.807) is 0 Å². The van der Waals surface area contributed by atoms with E-state index in [2.05, 4.69) is 26.2 Å². The van der Waals surface area contributed by atoms with Gasteiger partial charge in [-0.15, -0.1) is 6.58 Å². The lowest BCUT2D eigenvalue weighted by molar-refractivity contribution is 0.639. The Kier molecular flexibility index (Phi) is 8.26. The average Bonchev–Trinajstić information content (AvgIpc) is 2.04. The summed E-state index contributed by atoms with van der Waals surface area (Å²) in [4.78, 5) is 0. The number of allylic oxidation sites excluding steroid dienone is 1. The van der Waals surface area contributed by atoms with Gasteiger partial charge in [0.2, 0.25) is 0 Å². The molecule has 0 aromatic heterocycles. The van der Waals surface area contributed by atoms with Gasteiger partial charge < -0.3 is 0 Å². The Hall–Kier alpha value is 0.0900. The molecule has 0 saturated heterocycles. The van der Waals surface area contributed by atoms with Crippen LogP contribution in [0.4, 0.5) is 0 Å². The van der Waals surface area contributed by atoms with E-state index in [1.807, 2.05) is 17.8 Å². The number of thioether (sulfide) groups is 1. The van der Waals surface area contributed by atoms with Crippen LogP contribution in [0.15, 0.2) is 12.7 Å². The maximum atomic E-state index is 3.76. The molecule has 0 aliphatic heterocycles. The standard InChI is InChI=1S/C10H19S/c1-4-8-11-9-6-7-10(3)5-2/h5,8,10H,2,4,6-7,9H2,1,3H3. The van der Waals surface area contributed by atoms with Crippen LogP contribution in [0.5, 0.6) is 0 Å². The number of hydrogen-bond donors (Lipinski definition) is 0. The monoisotopic (exact) mass is 171 g/mol. The van der Waals surface area contributed by atoms with Crippen molar-refractivity contribution in [1.29, 1.82) is 0 Å². The van der Waals surface area contributed by atoms with Gasteiger partial charge in [-0.2, -0.15) is 11.8 Å². The number of hydrogen-bond acceptors (Lipinski definition) is 1. The third-order valence-electron chi connectivity index (χ3n) is 1.61. The largest absolute Gasteiger partial charge is 0.157 e. The lowest BCUT2D eigenvalue weighted by Crippen LogP contribution is -1.89. The van der Waals surface area contributed by atoms with E-state index in [4.69, 9.17) is 0 Å². The minimum Gasteiger partial charge on any atom is -0.157 e. The van der Waals surface area contributed by atoms with Crippen LogP contribution >= 0.6 is 11.8 Å². The highest BCUT2D eigenvalue weighted by Gasteiger charge is 1.95. The van der Waals surface area contributed by atoms with Crippen molar-refractivity contribution in [3.05, 3.63) is 18.4 Å². The van der Waals surface area contributed by atoms with E-state index in [9.17, 15) is 0 Å². The highest BCUT2D eigenvalue weighted by atomic mass is 32.2. The third-order valence-corrected chi connectivity index (χ3v) is 2.70. The molecule has 0 N–H and O–H groups in total. The zero-order chi connectivity index (χ0) is 8.53. The summed E-state index contributed by atoms with van der Waals surface area (Å²) in [5.41, 5.74) is 0. The minimum absolute atomic E-state index is 0.692. The summed E-state index contributed by atoms with van der Waals surface area (Å²) < 4.78 is 0. The molecule has 1 heteroatoms. The lowest BCUT2D eigenvalue weighted by Gasteiger charge is -2.03. The van der Waals surface area contributed by atoms with Crippen molar-refractivity contribution in [2.75, 3.05) is 5.75 Å². The van der Waals surface area contributed by atoms with Crippen molar-refractivity contribution in [2.45, 2.75) is 33.1 Å². The predicted octanol–water partition coefficient (Wildman–Crippen LogP) is 3.89. The summed E-state index contributed by atoms with van der Waals surface area (Å²) in [6.45, 7) is 8.16. The van der Waals surface area contributed by atoms with E-state index in [0.717, 1.165) is 0 Å². The van der Waals surface area contributed by atoms with Crippen LogP contribution in [0.3, 0.4) is 0 Å². The van der Waals surface area contributed by atoms with E-state index in [0.29, 0.717) is 5.92 Å². The lowest BCUT2D eigenvalue weighted by atomic mass is 10.1. The minimum atomic E-state index is 0.692. The first-order chi connectivity index (χ1) is 5.31. The molecule has 0 nitrogen and oxygen atoms in total. The molecule has 0 aromatic rings. The second-order valence-electron chi connectivity index (χ2n) is 2.80. The van der Waals surface area contributed by atoms with Gasteiger partial charge in [-0.1, -0.05) is 19.9 Å². The van der Waals surface area contributed by atoms with Crippen molar-refractivity contribution >= 4 is 11.8 Å². The highest BCUT2D eigenvalue weighted by Crippen LogP contribution is 2.13. The summed E-state index contributed by atoms with van der Waals surface area (Å²) in [6.07, 6.45) is 5.82. The molecule has 0 aliphatic carbocycles. The predicted molar refractivity (Wildman–Crippen MR) is 55.6 cm³/mol. The Labute approximate surface area is 75.5 Å². The van der Waals surface area contributed by atoms with E-state index >= 15 is 0 Å². The van der Waals surface area contributed by atoms with E-state index < -0.39 is 0 Å². The average molecular weight is 171 g/mol. The molecular weight excluding hydrogens is 152 g/mol. The van der Waals surface area contributed by atoms with Crippen LogP contribution in [0.25, 0.3) is 0 Å². The van der Waals surface area contributed by atoms with Crippen molar-refractivity contribution in [3.8, 4) is 0 Å². The third kappa shape index (κ3) is 7.99. The van der Waals surface area contributed by atoms with Gasteiger partial charge in [-0.25, -0.2) is 0 Å². The fourth-order valence-corrected chi connectivity index (χ4v) is 1.54. The summed E-state index contributed by atoms with van der Waals surface area (Å²) in [6, 6.07) is 0. The summed E-state index contributed by atoms with van der Waals surface area (Å²) in [7, 11) is 0. The van der Waals surface area contributed by atoms with Gasteiger partial charge in [0.15, 0.2) is 0 Å². The first kappa shape index (κ1) is 11.1. The molecule has 0 saturated carbocycles. The van der Waals surface area contributed by atoms with Gasteiger partial charge >= 0.3 is 0 Å².